The van der Waals surface area contributed by atoms with Crippen molar-refractivity contribution in [3.8, 4) is 0 Å². The largest absolute Gasteiger partial charge is 0.413 e. The van der Waals surface area contributed by atoms with Crippen molar-refractivity contribution in [1.29, 1.82) is 0 Å². The molecule has 0 saturated carbocycles. The van der Waals surface area contributed by atoms with Gasteiger partial charge in [-0.15, -0.1) is 6.58 Å². The molecule has 0 aliphatic rings. The lowest BCUT2D eigenvalue weighted by atomic mass is 9.73. The molecular formula is C30H62O4Si2. The van der Waals surface area contributed by atoms with Crippen LogP contribution in [0, 0.1) is 17.3 Å². The Bertz CT molecular complexity index is 713. The number of Topliss-reactive ketones (excluding diaryl/α,β-unsaturated/α-hetero) is 1. The SMILES string of the molecule is C=C(C)CCC[C@H](C)[C@H](O[Si](C)(C)C(C)(C)C)[C@@H](C)C(=O)C(C)(C)[C@H](CCO)O[Si](C)(C)C(C)(C)C. The number of rotatable bonds is 15. The van der Waals surface area contributed by atoms with Crippen molar-refractivity contribution in [3.63, 3.8) is 0 Å². The third-order valence-corrected chi connectivity index (χ3v) is 18.0. The first-order valence-electron chi connectivity index (χ1n) is 14.1. The Morgan fingerprint density at radius 2 is 1.31 bits per heavy atom. The van der Waals surface area contributed by atoms with Crippen molar-refractivity contribution in [2.45, 2.75) is 150 Å². The first-order valence-corrected chi connectivity index (χ1v) is 19.9. The fourth-order valence-corrected chi connectivity index (χ4v) is 7.18. The van der Waals surface area contributed by atoms with E-state index in [-0.39, 0.29) is 46.5 Å². The van der Waals surface area contributed by atoms with Crippen LogP contribution in [0.25, 0.3) is 0 Å². The molecule has 0 aliphatic carbocycles. The summed E-state index contributed by atoms with van der Waals surface area (Å²) in [5, 5.41) is 9.99. The molecule has 0 unspecified atom stereocenters. The van der Waals surface area contributed by atoms with Crippen LogP contribution in [0.4, 0.5) is 0 Å². The minimum absolute atomic E-state index is 0.00554. The predicted octanol–water partition coefficient (Wildman–Crippen LogP) is 8.76. The summed E-state index contributed by atoms with van der Waals surface area (Å²) in [6.07, 6.45) is 3.05. The lowest BCUT2D eigenvalue weighted by molar-refractivity contribution is -0.141. The van der Waals surface area contributed by atoms with Crippen LogP contribution in [0.3, 0.4) is 0 Å². The van der Waals surface area contributed by atoms with E-state index in [9.17, 15) is 9.90 Å². The first kappa shape index (κ1) is 35.7. The van der Waals surface area contributed by atoms with E-state index < -0.39 is 22.0 Å². The monoisotopic (exact) mass is 542 g/mol. The summed E-state index contributed by atoms with van der Waals surface area (Å²) in [4.78, 5) is 14.3. The van der Waals surface area contributed by atoms with Crippen LogP contribution in [-0.4, -0.2) is 46.3 Å². The summed E-state index contributed by atoms with van der Waals surface area (Å²) in [5.74, 6) is 0.166. The lowest BCUT2D eigenvalue weighted by Gasteiger charge is -2.46. The van der Waals surface area contributed by atoms with Gasteiger partial charge in [0.15, 0.2) is 16.6 Å². The highest BCUT2D eigenvalue weighted by molar-refractivity contribution is 6.74. The molecule has 0 radical (unpaired) electrons. The summed E-state index contributed by atoms with van der Waals surface area (Å²) in [5.41, 5.74) is 0.466. The second-order valence-corrected chi connectivity index (χ2v) is 24.4. The molecule has 0 fully saturated rings. The molecule has 0 amide bonds. The van der Waals surface area contributed by atoms with Gasteiger partial charge in [0.2, 0.25) is 0 Å². The van der Waals surface area contributed by atoms with Gasteiger partial charge in [0.05, 0.1) is 12.2 Å². The summed E-state index contributed by atoms with van der Waals surface area (Å²) in [6, 6.07) is 0. The van der Waals surface area contributed by atoms with Crippen LogP contribution >= 0.6 is 0 Å². The molecule has 0 spiro atoms. The van der Waals surface area contributed by atoms with Crippen LogP contribution in [0.15, 0.2) is 12.2 Å². The van der Waals surface area contributed by atoms with Crippen molar-refractivity contribution >= 4 is 22.4 Å². The van der Waals surface area contributed by atoms with Crippen molar-refractivity contribution in [3.05, 3.63) is 12.2 Å². The maximum atomic E-state index is 14.3. The summed E-state index contributed by atoms with van der Waals surface area (Å²) in [7, 11) is -4.23. The minimum atomic E-state index is -2.13. The number of hydrogen-bond donors (Lipinski definition) is 1. The van der Waals surface area contributed by atoms with E-state index in [0.717, 1.165) is 19.3 Å². The number of allylic oxidation sites excluding steroid dienone is 1. The van der Waals surface area contributed by atoms with Crippen molar-refractivity contribution in [2.24, 2.45) is 17.3 Å². The van der Waals surface area contributed by atoms with Gasteiger partial charge in [-0.2, -0.15) is 0 Å². The fourth-order valence-electron chi connectivity index (χ4n) is 4.23. The van der Waals surface area contributed by atoms with Gasteiger partial charge in [0.25, 0.3) is 0 Å². The number of aliphatic hydroxyl groups excluding tert-OH is 1. The zero-order chi connectivity index (χ0) is 28.9. The molecule has 0 rings (SSSR count). The topological polar surface area (TPSA) is 55.8 Å². The van der Waals surface area contributed by atoms with Crippen LogP contribution in [0.1, 0.15) is 102 Å². The number of carbonyl (C=O) groups excluding carboxylic acids is 1. The summed E-state index contributed by atoms with van der Waals surface area (Å²) < 4.78 is 13.8. The third-order valence-electron chi connectivity index (χ3n) is 9.04. The second kappa shape index (κ2) is 13.2. The smallest absolute Gasteiger partial charge is 0.192 e. The van der Waals surface area contributed by atoms with E-state index in [4.69, 9.17) is 8.85 Å². The molecule has 36 heavy (non-hydrogen) atoms. The molecule has 0 aromatic rings. The fraction of sp³-hybridized carbons (Fsp3) is 0.900. The Balaban J connectivity index is 6.19. The zero-order valence-corrected chi connectivity index (χ0v) is 28.7. The second-order valence-electron chi connectivity index (χ2n) is 14.9. The highest BCUT2D eigenvalue weighted by Gasteiger charge is 2.49. The van der Waals surface area contributed by atoms with Crippen LogP contribution in [-0.2, 0) is 13.6 Å². The lowest BCUT2D eigenvalue weighted by Crippen LogP contribution is -2.54. The number of aliphatic hydroxyl groups is 1. The number of carbonyl (C=O) groups is 1. The molecular weight excluding hydrogens is 480 g/mol. The van der Waals surface area contributed by atoms with Gasteiger partial charge in [-0.25, -0.2) is 0 Å². The van der Waals surface area contributed by atoms with Crippen molar-refractivity contribution in [2.75, 3.05) is 6.61 Å². The van der Waals surface area contributed by atoms with Crippen molar-refractivity contribution in [1.82, 2.24) is 0 Å². The normalized spacial score (nSPS) is 17.4. The Labute approximate surface area is 227 Å². The Morgan fingerprint density at radius 1 is 0.861 bits per heavy atom. The average Bonchev–Trinajstić information content (AvgIpc) is 2.68. The molecule has 0 saturated heterocycles. The molecule has 0 aliphatic heterocycles. The summed E-state index contributed by atoms with van der Waals surface area (Å²) in [6.45, 7) is 36.8. The van der Waals surface area contributed by atoms with Crippen LogP contribution in [0.2, 0.25) is 36.3 Å². The molecule has 214 valence electrons. The van der Waals surface area contributed by atoms with Gasteiger partial charge in [0, 0.05) is 17.9 Å². The van der Waals surface area contributed by atoms with Gasteiger partial charge in [-0.1, -0.05) is 74.8 Å². The molecule has 4 nitrogen and oxygen atoms in total. The Kier molecular flexibility index (Phi) is 13.1. The average molecular weight is 543 g/mol. The van der Waals surface area contributed by atoms with Gasteiger partial charge in [-0.3, -0.25) is 4.79 Å². The van der Waals surface area contributed by atoms with E-state index in [0.29, 0.717) is 6.42 Å². The van der Waals surface area contributed by atoms with E-state index in [1.807, 2.05) is 13.8 Å². The van der Waals surface area contributed by atoms with Gasteiger partial charge >= 0.3 is 0 Å². The number of hydrogen-bond acceptors (Lipinski definition) is 4. The van der Waals surface area contributed by atoms with Gasteiger partial charge in [-0.05, 0) is 74.8 Å². The van der Waals surface area contributed by atoms with E-state index in [1.165, 1.54) is 5.57 Å². The maximum Gasteiger partial charge on any atom is 0.192 e. The molecule has 4 atom stereocenters. The standard InChI is InChI=1S/C30H62O4Si2/c1-22(2)18-17-19-23(3)26(34-36(15,16)29(8,9)10)24(4)27(32)30(11,12)25(20-21-31)33-35(13,14)28(5,6)7/h23-26,31H,1,17-21H2,2-16H3/t23-,24+,25-,26-/m0/s1. The quantitative estimate of drug-likeness (QED) is 0.166. The number of ketones is 1. The van der Waals surface area contributed by atoms with E-state index in [1.54, 1.807) is 0 Å². The highest BCUT2D eigenvalue weighted by Crippen LogP contribution is 2.44. The Hall–Kier alpha value is -0.276. The minimum Gasteiger partial charge on any atom is -0.413 e. The highest BCUT2D eigenvalue weighted by atomic mass is 28.4. The Morgan fingerprint density at radius 3 is 1.69 bits per heavy atom. The zero-order valence-electron chi connectivity index (χ0n) is 26.7. The molecule has 0 aromatic heterocycles. The predicted molar refractivity (Wildman–Crippen MR) is 162 cm³/mol. The van der Waals surface area contributed by atoms with Gasteiger partial charge in [0.1, 0.15) is 5.78 Å². The van der Waals surface area contributed by atoms with E-state index in [2.05, 4.69) is 95.1 Å². The van der Waals surface area contributed by atoms with Crippen molar-refractivity contribution < 1.29 is 18.8 Å². The van der Waals surface area contributed by atoms with E-state index >= 15 is 0 Å². The molecule has 0 heterocycles. The van der Waals surface area contributed by atoms with Crippen LogP contribution in [0.5, 0.6) is 0 Å². The molecule has 6 heteroatoms. The molecule has 0 bridgehead atoms. The first-order chi connectivity index (χ1) is 15.9. The maximum absolute atomic E-state index is 14.3. The third kappa shape index (κ3) is 9.79. The summed E-state index contributed by atoms with van der Waals surface area (Å²) >= 11 is 0. The molecule has 0 aromatic carbocycles. The van der Waals surface area contributed by atoms with Crippen LogP contribution < -0.4 is 0 Å². The van der Waals surface area contributed by atoms with Gasteiger partial charge < -0.3 is 14.0 Å². The molecule has 1 N–H and O–H groups in total.